The Labute approximate surface area is 222 Å². The van der Waals surface area contributed by atoms with Gasteiger partial charge < -0.3 is 10.0 Å². The van der Waals surface area contributed by atoms with E-state index in [1.54, 1.807) is 45.2 Å². The first-order chi connectivity index (χ1) is 17.6. The summed E-state index contributed by atoms with van der Waals surface area (Å²) in [6.45, 7) is 5.57. The molecule has 0 aliphatic carbocycles. The molecule has 3 aromatic carbocycles. The lowest BCUT2D eigenvalue weighted by molar-refractivity contribution is 0.0583. The summed E-state index contributed by atoms with van der Waals surface area (Å²) in [5.41, 5.74) is 2.00. The van der Waals surface area contributed by atoms with Gasteiger partial charge in [-0.2, -0.15) is 0 Å². The molecule has 190 valence electrons. The van der Waals surface area contributed by atoms with Gasteiger partial charge in [-0.3, -0.25) is 9.98 Å². The molecule has 6 nitrogen and oxygen atoms in total. The minimum absolute atomic E-state index is 0.0395. The monoisotopic (exact) mass is 533 g/mol. The maximum atomic E-state index is 12.4. The van der Waals surface area contributed by atoms with Gasteiger partial charge in [-0.25, -0.2) is 8.42 Å². The molecule has 1 N–H and O–H groups in total. The minimum Gasteiger partial charge on any atom is -0.388 e. The molecular formula is C29H28ClN3O3S. The fourth-order valence-electron chi connectivity index (χ4n) is 4.54. The highest BCUT2D eigenvalue weighted by Crippen LogP contribution is 2.36. The summed E-state index contributed by atoms with van der Waals surface area (Å²) >= 11 is 6.85. The van der Waals surface area contributed by atoms with Crippen LogP contribution in [-0.4, -0.2) is 48.3 Å². The van der Waals surface area contributed by atoms with Crippen molar-refractivity contribution in [3.8, 4) is 11.1 Å². The summed E-state index contributed by atoms with van der Waals surface area (Å²) in [5.74, 6) is 0.687. The second-order valence-corrected chi connectivity index (χ2v) is 12.4. The summed E-state index contributed by atoms with van der Waals surface area (Å²) < 4.78 is 24.8. The molecule has 0 saturated carbocycles. The molecule has 0 saturated heterocycles. The van der Waals surface area contributed by atoms with Gasteiger partial charge in [0, 0.05) is 11.6 Å². The first-order valence-corrected chi connectivity index (χ1v) is 14.2. The van der Waals surface area contributed by atoms with Crippen LogP contribution >= 0.6 is 11.6 Å². The highest BCUT2D eigenvalue weighted by Gasteiger charge is 2.37. The molecule has 4 aromatic rings. The summed E-state index contributed by atoms with van der Waals surface area (Å²) in [4.78, 5) is 11.9. The number of hydrogen-bond donors (Lipinski definition) is 1. The van der Waals surface area contributed by atoms with E-state index in [2.05, 4.69) is 4.98 Å². The molecule has 0 fully saturated rings. The average Bonchev–Trinajstić information content (AvgIpc) is 3.34. The number of aliphatic hydroxyl groups is 1. The molecule has 0 radical (unpaired) electrons. The van der Waals surface area contributed by atoms with Crippen LogP contribution in [0.5, 0.6) is 0 Å². The van der Waals surface area contributed by atoms with E-state index in [-0.39, 0.29) is 16.7 Å². The molecular weight excluding hydrogens is 506 g/mol. The quantitative estimate of drug-likeness (QED) is 0.341. The van der Waals surface area contributed by atoms with Crippen LogP contribution in [0.15, 0.2) is 88.9 Å². The number of pyridine rings is 1. The maximum Gasteiger partial charge on any atom is 0.178 e. The maximum absolute atomic E-state index is 12.4. The topological polar surface area (TPSA) is 82.9 Å². The SMILES string of the molecule is CCS(=O)(=O)c1cccc(-c2ccc(N3CC(C(C)(C)O)N=C3c3nccc4ccccc34)c(Cl)c2)c1. The van der Waals surface area contributed by atoms with E-state index in [0.29, 0.717) is 17.4 Å². The molecule has 0 spiro atoms. The summed E-state index contributed by atoms with van der Waals surface area (Å²) in [6, 6.07) is 22.1. The van der Waals surface area contributed by atoms with Crippen molar-refractivity contribution in [2.24, 2.45) is 4.99 Å². The Balaban J connectivity index is 1.58. The number of fused-ring (bicyclic) bond motifs is 1. The van der Waals surface area contributed by atoms with Crippen molar-refractivity contribution in [2.45, 2.75) is 37.3 Å². The van der Waals surface area contributed by atoms with Crippen molar-refractivity contribution in [1.82, 2.24) is 4.98 Å². The number of amidine groups is 1. The van der Waals surface area contributed by atoms with Gasteiger partial charge in [-0.05, 0) is 60.7 Å². The van der Waals surface area contributed by atoms with E-state index < -0.39 is 15.4 Å². The number of benzene rings is 3. The number of rotatable bonds is 6. The van der Waals surface area contributed by atoms with Crippen molar-refractivity contribution < 1.29 is 13.5 Å². The van der Waals surface area contributed by atoms with Crippen LogP contribution in [0.2, 0.25) is 5.02 Å². The van der Waals surface area contributed by atoms with Crippen LogP contribution in [0.4, 0.5) is 5.69 Å². The van der Waals surface area contributed by atoms with Crippen LogP contribution in [0.3, 0.4) is 0 Å². The average molecular weight is 534 g/mol. The summed E-state index contributed by atoms with van der Waals surface area (Å²) in [7, 11) is -3.32. The van der Waals surface area contributed by atoms with Gasteiger partial charge in [-0.15, -0.1) is 0 Å². The Morgan fingerprint density at radius 1 is 1.03 bits per heavy atom. The van der Waals surface area contributed by atoms with Crippen molar-refractivity contribution in [1.29, 1.82) is 0 Å². The molecule has 37 heavy (non-hydrogen) atoms. The molecule has 1 aliphatic heterocycles. The highest BCUT2D eigenvalue weighted by molar-refractivity contribution is 7.91. The number of sulfone groups is 1. The van der Waals surface area contributed by atoms with Crippen molar-refractivity contribution >= 4 is 43.7 Å². The molecule has 1 atom stereocenters. The van der Waals surface area contributed by atoms with Crippen molar-refractivity contribution in [2.75, 3.05) is 17.2 Å². The standard InChI is InChI=1S/C29H28ClN3O3S/c1-4-37(35,36)22-10-7-9-20(16-22)21-12-13-25(24(30)17-21)33-18-26(29(2,3)34)32-28(33)27-23-11-6-5-8-19(23)14-15-31-27/h5-17,26,34H,4,18H2,1-3H3. The number of nitrogens with zero attached hydrogens (tertiary/aromatic N) is 3. The number of aromatic nitrogens is 1. The number of hydrogen-bond acceptors (Lipinski definition) is 6. The lowest BCUT2D eigenvalue weighted by Crippen LogP contribution is -2.39. The second-order valence-electron chi connectivity index (χ2n) is 9.71. The smallest absolute Gasteiger partial charge is 0.178 e. The van der Waals surface area contributed by atoms with Crippen molar-refractivity contribution in [3.63, 3.8) is 0 Å². The van der Waals surface area contributed by atoms with E-state index in [1.165, 1.54) is 0 Å². The van der Waals surface area contributed by atoms with Crippen LogP contribution in [0.25, 0.3) is 21.9 Å². The van der Waals surface area contributed by atoms with E-state index in [4.69, 9.17) is 16.6 Å². The van der Waals surface area contributed by atoms with E-state index in [1.807, 2.05) is 59.5 Å². The van der Waals surface area contributed by atoms with Gasteiger partial charge in [0.2, 0.25) is 0 Å². The number of halogens is 1. The van der Waals surface area contributed by atoms with Crippen LogP contribution in [0.1, 0.15) is 26.5 Å². The Kier molecular flexibility index (Phi) is 6.56. The summed E-state index contributed by atoms with van der Waals surface area (Å²) in [6.07, 6.45) is 1.76. The zero-order chi connectivity index (χ0) is 26.4. The van der Waals surface area contributed by atoms with Crippen LogP contribution in [0, 0.1) is 0 Å². The third-order valence-electron chi connectivity index (χ3n) is 6.74. The fourth-order valence-corrected chi connectivity index (χ4v) is 5.75. The lowest BCUT2D eigenvalue weighted by atomic mass is 10.00. The van der Waals surface area contributed by atoms with Crippen molar-refractivity contribution in [3.05, 3.63) is 89.7 Å². The first-order valence-electron chi connectivity index (χ1n) is 12.1. The fraction of sp³-hybridized carbons (Fsp3) is 0.241. The molecule has 5 rings (SSSR count). The molecule has 0 bridgehead atoms. The zero-order valence-corrected chi connectivity index (χ0v) is 22.5. The van der Waals surface area contributed by atoms with Gasteiger partial charge in [0.15, 0.2) is 15.7 Å². The molecule has 0 amide bonds. The van der Waals surface area contributed by atoms with Gasteiger partial charge in [0.1, 0.15) is 5.69 Å². The Bertz CT molecular complexity index is 1620. The van der Waals surface area contributed by atoms with Gasteiger partial charge >= 0.3 is 0 Å². The molecule has 1 unspecified atom stereocenters. The largest absolute Gasteiger partial charge is 0.388 e. The number of aliphatic imine (C=N–C) groups is 1. The predicted molar refractivity (Wildman–Crippen MR) is 150 cm³/mol. The lowest BCUT2D eigenvalue weighted by Gasteiger charge is -2.26. The molecule has 2 heterocycles. The third kappa shape index (κ3) is 4.87. The second kappa shape index (κ2) is 9.56. The summed E-state index contributed by atoms with van der Waals surface area (Å²) in [5, 5.41) is 13.3. The first kappa shape index (κ1) is 25.4. The Morgan fingerprint density at radius 3 is 2.51 bits per heavy atom. The molecule has 8 heteroatoms. The minimum atomic E-state index is -3.32. The number of anilines is 1. The van der Waals surface area contributed by atoms with Gasteiger partial charge in [-0.1, -0.05) is 61.0 Å². The predicted octanol–water partition coefficient (Wildman–Crippen LogP) is 5.76. The molecule has 1 aromatic heterocycles. The normalized spacial score (nSPS) is 16.3. The zero-order valence-electron chi connectivity index (χ0n) is 20.9. The van der Waals surface area contributed by atoms with E-state index in [9.17, 15) is 13.5 Å². The van der Waals surface area contributed by atoms with Crippen LogP contribution < -0.4 is 4.90 Å². The van der Waals surface area contributed by atoms with Gasteiger partial charge in [0.05, 0.1) is 39.5 Å². The van der Waals surface area contributed by atoms with Gasteiger partial charge in [0.25, 0.3) is 0 Å². The Hall–Kier alpha value is -3.26. The highest BCUT2D eigenvalue weighted by atomic mass is 35.5. The van der Waals surface area contributed by atoms with E-state index in [0.717, 1.165) is 33.3 Å². The third-order valence-corrected chi connectivity index (χ3v) is 8.77. The Morgan fingerprint density at radius 2 is 1.78 bits per heavy atom. The van der Waals surface area contributed by atoms with Crippen LogP contribution in [-0.2, 0) is 9.84 Å². The van der Waals surface area contributed by atoms with E-state index >= 15 is 0 Å². The molecule has 1 aliphatic rings.